The average molecular weight is 241 g/mol. The molecule has 2 heterocycles. The Morgan fingerprint density at radius 1 is 1.47 bits per heavy atom. The average Bonchev–Trinajstić information content (AvgIpc) is 2.86. The van der Waals surface area contributed by atoms with Gasteiger partial charge in [0.25, 0.3) is 0 Å². The van der Waals surface area contributed by atoms with Crippen molar-refractivity contribution in [2.45, 2.75) is 25.1 Å². The molecule has 2 aromatic heterocycles. The van der Waals surface area contributed by atoms with E-state index in [1.165, 1.54) is 4.88 Å². The van der Waals surface area contributed by atoms with Crippen LogP contribution in [0.5, 0.6) is 0 Å². The Bertz CT molecular complexity index is 405. The third kappa shape index (κ3) is 2.44. The number of hydrogen-bond donors (Lipinski definition) is 0. The summed E-state index contributed by atoms with van der Waals surface area (Å²) in [5, 5.41) is 2.10. The van der Waals surface area contributed by atoms with Crippen LogP contribution in [-0.2, 0) is 12.8 Å². The molecule has 80 valence electrons. The number of rotatable bonds is 4. The van der Waals surface area contributed by atoms with Gasteiger partial charge < -0.3 is 4.42 Å². The van der Waals surface area contributed by atoms with Gasteiger partial charge in [0.05, 0.1) is 11.6 Å². The van der Waals surface area contributed by atoms with Gasteiger partial charge in [-0.2, -0.15) is 0 Å². The van der Waals surface area contributed by atoms with E-state index in [4.69, 9.17) is 16.0 Å². The number of furan rings is 1. The second-order valence-electron chi connectivity index (χ2n) is 3.40. The fraction of sp³-hybridized carbons (Fsp3) is 0.333. The van der Waals surface area contributed by atoms with E-state index in [0.717, 1.165) is 24.2 Å². The van der Waals surface area contributed by atoms with Crippen LogP contribution >= 0.6 is 22.9 Å². The number of hydrogen-bond acceptors (Lipinski definition) is 2. The van der Waals surface area contributed by atoms with E-state index in [1.807, 2.05) is 6.07 Å². The first kappa shape index (κ1) is 10.8. The fourth-order valence-corrected chi connectivity index (χ4v) is 2.84. The molecule has 0 radical (unpaired) electrons. The lowest BCUT2D eigenvalue weighted by Crippen LogP contribution is -1.95. The monoisotopic (exact) mass is 240 g/mol. The molecule has 0 amide bonds. The summed E-state index contributed by atoms with van der Waals surface area (Å²) in [7, 11) is 0. The summed E-state index contributed by atoms with van der Waals surface area (Å²) in [5.41, 5.74) is 1.13. The minimum absolute atomic E-state index is 0.0253. The van der Waals surface area contributed by atoms with E-state index in [2.05, 4.69) is 24.4 Å². The van der Waals surface area contributed by atoms with Crippen LogP contribution in [0.25, 0.3) is 0 Å². The Balaban J connectivity index is 2.11. The van der Waals surface area contributed by atoms with Gasteiger partial charge in [-0.1, -0.05) is 13.0 Å². The summed E-state index contributed by atoms with van der Waals surface area (Å²) in [4.78, 5) is 1.32. The molecule has 0 aliphatic carbocycles. The zero-order valence-electron chi connectivity index (χ0n) is 8.57. The van der Waals surface area contributed by atoms with Crippen LogP contribution in [0.4, 0.5) is 0 Å². The lowest BCUT2D eigenvalue weighted by atomic mass is 10.1. The van der Waals surface area contributed by atoms with Crippen LogP contribution < -0.4 is 0 Å². The van der Waals surface area contributed by atoms with E-state index >= 15 is 0 Å². The van der Waals surface area contributed by atoms with Gasteiger partial charge in [0.15, 0.2) is 0 Å². The van der Waals surface area contributed by atoms with Crippen LogP contribution in [0.15, 0.2) is 34.3 Å². The van der Waals surface area contributed by atoms with Crippen molar-refractivity contribution >= 4 is 22.9 Å². The summed E-state index contributed by atoms with van der Waals surface area (Å²) >= 11 is 8.12. The van der Waals surface area contributed by atoms with Crippen LogP contribution in [0, 0.1) is 0 Å². The predicted molar refractivity (Wildman–Crippen MR) is 64.7 cm³/mol. The first-order valence-corrected chi connectivity index (χ1v) is 6.35. The summed E-state index contributed by atoms with van der Waals surface area (Å²) in [5.74, 6) is 1.01. The molecule has 0 aliphatic rings. The maximum atomic E-state index is 6.37. The molecule has 0 aliphatic heterocycles. The highest BCUT2D eigenvalue weighted by atomic mass is 35.5. The van der Waals surface area contributed by atoms with Crippen molar-refractivity contribution in [2.75, 3.05) is 0 Å². The molecule has 3 heteroatoms. The van der Waals surface area contributed by atoms with Gasteiger partial charge in [-0.15, -0.1) is 22.9 Å². The SMILES string of the molecule is CCc1occc1C(Cl)Cc1cccs1. The molecule has 0 N–H and O–H groups in total. The molecule has 0 spiro atoms. The van der Waals surface area contributed by atoms with Gasteiger partial charge in [-0.3, -0.25) is 0 Å². The zero-order valence-corrected chi connectivity index (χ0v) is 10.1. The van der Waals surface area contributed by atoms with Crippen molar-refractivity contribution in [1.82, 2.24) is 0 Å². The van der Waals surface area contributed by atoms with E-state index in [9.17, 15) is 0 Å². The third-order valence-corrected chi connectivity index (χ3v) is 3.69. The Morgan fingerprint density at radius 2 is 2.33 bits per heavy atom. The Kier molecular flexibility index (Phi) is 3.49. The van der Waals surface area contributed by atoms with Crippen molar-refractivity contribution in [2.24, 2.45) is 0 Å². The first-order chi connectivity index (χ1) is 7.31. The Morgan fingerprint density at radius 3 is 3.00 bits per heavy atom. The molecule has 15 heavy (non-hydrogen) atoms. The molecule has 0 saturated heterocycles. The molecule has 2 rings (SSSR count). The van der Waals surface area contributed by atoms with Crippen molar-refractivity contribution in [1.29, 1.82) is 0 Å². The number of halogens is 1. The topological polar surface area (TPSA) is 13.1 Å². The Hall–Kier alpha value is -0.730. The van der Waals surface area contributed by atoms with Gasteiger partial charge in [-0.25, -0.2) is 0 Å². The molecular weight excluding hydrogens is 228 g/mol. The molecule has 0 saturated carbocycles. The van der Waals surface area contributed by atoms with Crippen LogP contribution in [0.1, 0.15) is 28.5 Å². The lowest BCUT2D eigenvalue weighted by Gasteiger charge is -2.07. The summed E-state index contributed by atoms with van der Waals surface area (Å²) in [6.07, 6.45) is 3.50. The maximum Gasteiger partial charge on any atom is 0.108 e. The highest BCUT2D eigenvalue weighted by molar-refractivity contribution is 7.09. The predicted octanol–water partition coefficient (Wildman–Crippen LogP) is 4.43. The van der Waals surface area contributed by atoms with E-state index in [-0.39, 0.29) is 5.38 Å². The number of aryl methyl sites for hydroxylation is 1. The molecule has 0 aromatic carbocycles. The van der Waals surface area contributed by atoms with Gasteiger partial charge >= 0.3 is 0 Å². The Labute approximate surface area is 98.7 Å². The van der Waals surface area contributed by atoms with Crippen molar-refractivity contribution in [3.8, 4) is 0 Å². The van der Waals surface area contributed by atoms with Crippen LogP contribution in [0.3, 0.4) is 0 Å². The summed E-state index contributed by atoms with van der Waals surface area (Å²) < 4.78 is 5.37. The minimum atomic E-state index is 0.0253. The molecule has 0 fully saturated rings. The smallest absolute Gasteiger partial charge is 0.108 e. The molecule has 1 nitrogen and oxygen atoms in total. The third-order valence-electron chi connectivity index (χ3n) is 2.40. The molecular formula is C12H13ClOS. The maximum absolute atomic E-state index is 6.37. The van der Waals surface area contributed by atoms with Gasteiger partial charge in [0.2, 0.25) is 0 Å². The van der Waals surface area contributed by atoms with Crippen molar-refractivity contribution < 1.29 is 4.42 Å². The normalized spacial score (nSPS) is 12.9. The molecule has 1 unspecified atom stereocenters. The highest BCUT2D eigenvalue weighted by Gasteiger charge is 2.15. The van der Waals surface area contributed by atoms with Crippen molar-refractivity contribution in [3.63, 3.8) is 0 Å². The highest BCUT2D eigenvalue weighted by Crippen LogP contribution is 2.30. The first-order valence-electron chi connectivity index (χ1n) is 5.04. The number of alkyl halides is 1. The minimum Gasteiger partial charge on any atom is -0.469 e. The van der Waals surface area contributed by atoms with Crippen LogP contribution in [-0.4, -0.2) is 0 Å². The largest absolute Gasteiger partial charge is 0.469 e. The summed E-state index contributed by atoms with van der Waals surface area (Å²) in [6, 6.07) is 6.15. The number of thiophene rings is 1. The lowest BCUT2D eigenvalue weighted by molar-refractivity contribution is 0.510. The quantitative estimate of drug-likeness (QED) is 0.721. The molecule has 0 bridgehead atoms. The summed E-state index contributed by atoms with van der Waals surface area (Å²) in [6.45, 7) is 2.08. The zero-order chi connectivity index (χ0) is 10.7. The van der Waals surface area contributed by atoms with Gasteiger partial charge in [-0.05, 0) is 17.5 Å². The van der Waals surface area contributed by atoms with E-state index in [0.29, 0.717) is 0 Å². The van der Waals surface area contributed by atoms with Gasteiger partial charge in [0.1, 0.15) is 5.76 Å². The second kappa shape index (κ2) is 4.86. The van der Waals surface area contributed by atoms with E-state index in [1.54, 1.807) is 17.6 Å². The van der Waals surface area contributed by atoms with Crippen LogP contribution in [0.2, 0.25) is 0 Å². The standard InChI is InChI=1S/C12H13ClOS/c1-2-12-10(5-6-14-12)11(13)8-9-4-3-7-15-9/h3-7,11H,2,8H2,1H3. The van der Waals surface area contributed by atoms with Gasteiger partial charge in [0, 0.05) is 23.3 Å². The fourth-order valence-electron chi connectivity index (χ4n) is 1.63. The molecule has 1 atom stereocenters. The molecule has 2 aromatic rings. The van der Waals surface area contributed by atoms with E-state index < -0.39 is 0 Å². The second-order valence-corrected chi connectivity index (χ2v) is 4.96. The van der Waals surface area contributed by atoms with Crippen molar-refractivity contribution in [3.05, 3.63) is 46.0 Å².